The van der Waals surface area contributed by atoms with Gasteiger partial charge in [-0.3, -0.25) is 9.89 Å². The van der Waals surface area contributed by atoms with Gasteiger partial charge in [-0.1, -0.05) is 11.2 Å². The van der Waals surface area contributed by atoms with E-state index in [9.17, 15) is 0 Å². The lowest BCUT2D eigenvalue weighted by molar-refractivity contribution is 0.169. The second-order valence-corrected chi connectivity index (χ2v) is 6.67. The fourth-order valence-corrected chi connectivity index (χ4v) is 3.41. The van der Waals surface area contributed by atoms with E-state index in [2.05, 4.69) is 37.4 Å². The van der Waals surface area contributed by atoms with Crippen molar-refractivity contribution in [2.45, 2.75) is 13.0 Å². The summed E-state index contributed by atoms with van der Waals surface area (Å²) in [6.07, 6.45) is 2.53. The van der Waals surface area contributed by atoms with Crippen molar-refractivity contribution in [2.75, 3.05) is 46.6 Å². The van der Waals surface area contributed by atoms with Gasteiger partial charge >= 0.3 is 0 Å². The van der Waals surface area contributed by atoms with Crippen molar-refractivity contribution >= 4 is 29.9 Å². The standard InChI is InChI=1S/C19H25N5O3.HI/c1-20-19(21-6-4-15-2-3-17-18(12-15)26-14-25-17)24-9-7-23(8-10-24)13-16-5-11-27-22-16;/h2-3,5,11-12H,4,6-10,13-14H2,1H3,(H,20,21);1H. The number of nitrogens with one attached hydrogen (secondary N) is 1. The lowest BCUT2D eigenvalue weighted by Gasteiger charge is -2.36. The van der Waals surface area contributed by atoms with Crippen molar-refractivity contribution in [3.05, 3.63) is 41.8 Å². The third-order valence-corrected chi connectivity index (χ3v) is 4.89. The maximum absolute atomic E-state index is 5.44. The molecule has 1 saturated heterocycles. The highest BCUT2D eigenvalue weighted by atomic mass is 127. The van der Waals surface area contributed by atoms with Crippen LogP contribution in [0.5, 0.6) is 11.5 Å². The second-order valence-electron chi connectivity index (χ2n) is 6.67. The zero-order chi connectivity index (χ0) is 18.5. The Kier molecular flexibility index (Phi) is 7.37. The van der Waals surface area contributed by atoms with Crippen molar-refractivity contribution in [3.63, 3.8) is 0 Å². The number of halogens is 1. The summed E-state index contributed by atoms with van der Waals surface area (Å²) < 4.78 is 15.7. The van der Waals surface area contributed by atoms with Crippen molar-refractivity contribution in [1.29, 1.82) is 0 Å². The van der Waals surface area contributed by atoms with Gasteiger partial charge in [0.05, 0.1) is 5.69 Å². The minimum Gasteiger partial charge on any atom is -0.454 e. The molecule has 0 amide bonds. The molecule has 0 aliphatic carbocycles. The number of nitrogens with zero attached hydrogens (tertiary/aromatic N) is 4. The summed E-state index contributed by atoms with van der Waals surface area (Å²) in [4.78, 5) is 9.13. The van der Waals surface area contributed by atoms with Crippen molar-refractivity contribution in [1.82, 2.24) is 20.3 Å². The van der Waals surface area contributed by atoms with Crippen LogP contribution in [0.4, 0.5) is 0 Å². The van der Waals surface area contributed by atoms with Crippen LogP contribution in [0.3, 0.4) is 0 Å². The average Bonchev–Trinajstić information content (AvgIpc) is 3.37. The molecule has 1 aromatic carbocycles. The van der Waals surface area contributed by atoms with Crippen LogP contribution in [0.15, 0.2) is 40.0 Å². The molecular weight excluding hydrogens is 473 g/mol. The normalized spacial score (nSPS) is 16.8. The number of fused-ring (bicyclic) bond motifs is 1. The van der Waals surface area contributed by atoms with E-state index in [1.165, 1.54) is 5.56 Å². The molecule has 4 rings (SSSR count). The number of benzene rings is 1. The van der Waals surface area contributed by atoms with E-state index in [0.717, 1.165) is 68.8 Å². The van der Waals surface area contributed by atoms with E-state index in [-0.39, 0.29) is 24.0 Å². The van der Waals surface area contributed by atoms with Gasteiger partial charge in [0.15, 0.2) is 17.5 Å². The number of ether oxygens (including phenoxy) is 2. The number of piperazine rings is 1. The lowest BCUT2D eigenvalue weighted by Crippen LogP contribution is -2.52. The lowest BCUT2D eigenvalue weighted by atomic mass is 10.1. The fraction of sp³-hybridized carbons (Fsp3) is 0.474. The van der Waals surface area contributed by atoms with E-state index >= 15 is 0 Å². The fourth-order valence-electron chi connectivity index (χ4n) is 3.41. The molecule has 0 spiro atoms. The first-order valence-electron chi connectivity index (χ1n) is 9.27. The van der Waals surface area contributed by atoms with E-state index in [0.29, 0.717) is 6.79 Å². The Bertz CT molecular complexity index is 776. The molecule has 2 aliphatic heterocycles. The van der Waals surface area contributed by atoms with E-state index < -0.39 is 0 Å². The molecule has 28 heavy (non-hydrogen) atoms. The van der Waals surface area contributed by atoms with E-state index in [1.54, 1.807) is 6.26 Å². The van der Waals surface area contributed by atoms with Gasteiger partial charge in [-0.25, -0.2) is 0 Å². The quantitative estimate of drug-likeness (QED) is 0.383. The Hall–Kier alpha value is -2.01. The summed E-state index contributed by atoms with van der Waals surface area (Å²) >= 11 is 0. The zero-order valence-electron chi connectivity index (χ0n) is 16.0. The Labute approximate surface area is 181 Å². The summed E-state index contributed by atoms with van der Waals surface area (Å²) in [6, 6.07) is 8.03. The van der Waals surface area contributed by atoms with Crippen LogP contribution in [-0.4, -0.2) is 67.5 Å². The Balaban J connectivity index is 0.00000225. The first-order valence-corrected chi connectivity index (χ1v) is 9.27. The Morgan fingerprint density at radius 3 is 2.71 bits per heavy atom. The molecule has 1 aromatic heterocycles. The molecule has 0 atom stereocenters. The van der Waals surface area contributed by atoms with Crippen LogP contribution in [0.2, 0.25) is 0 Å². The molecule has 0 unspecified atom stereocenters. The number of hydrogen-bond donors (Lipinski definition) is 1. The monoisotopic (exact) mass is 499 g/mol. The summed E-state index contributed by atoms with van der Waals surface area (Å²) in [5.41, 5.74) is 2.20. The predicted molar refractivity (Wildman–Crippen MR) is 116 cm³/mol. The number of hydrogen-bond acceptors (Lipinski definition) is 6. The highest BCUT2D eigenvalue weighted by Gasteiger charge is 2.20. The van der Waals surface area contributed by atoms with Crippen LogP contribution in [0.1, 0.15) is 11.3 Å². The van der Waals surface area contributed by atoms with Crippen molar-refractivity contribution < 1.29 is 14.0 Å². The first-order chi connectivity index (χ1) is 13.3. The molecule has 3 heterocycles. The number of guanidine groups is 1. The van der Waals surface area contributed by atoms with Gasteiger partial charge in [-0.2, -0.15) is 0 Å². The molecule has 1 N–H and O–H groups in total. The summed E-state index contributed by atoms with van der Waals surface area (Å²) in [5.74, 6) is 2.61. The van der Waals surface area contributed by atoms with E-state index in [1.807, 2.05) is 19.2 Å². The van der Waals surface area contributed by atoms with Gasteiger partial charge in [0.25, 0.3) is 0 Å². The Morgan fingerprint density at radius 1 is 1.14 bits per heavy atom. The Morgan fingerprint density at radius 2 is 1.96 bits per heavy atom. The minimum atomic E-state index is 0. The molecule has 9 heteroatoms. The smallest absolute Gasteiger partial charge is 0.231 e. The van der Waals surface area contributed by atoms with Gasteiger partial charge < -0.3 is 24.2 Å². The molecule has 2 aliphatic rings. The maximum atomic E-state index is 5.44. The van der Waals surface area contributed by atoms with Gasteiger partial charge in [0.1, 0.15) is 6.26 Å². The minimum absolute atomic E-state index is 0. The highest BCUT2D eigenvalue weighted by molar-refractivity contribution is 14.0. The first kappa shape index (κ1) is 20.7. The number of aromatic nitrogens is 1. The third-order valence-electron chi connectivity index (χ3n) is 4.89. The maximum Gasteiger partial charge on any atom is 0.231 e. The highest BCUT2D eigenvalue weighted by Crippen LogP contribution is 2.32. The topological polar surface area (TPSA) is 75.4 Å². The van der Waals surface area contributed by atoms with Crippen LogP contribution >= 0.6 is 24.0 Å². The largest absolute Gasteiger partial charge is 0.454 e. The van der Waals surface area contributed by atoms with Crippen LogP contribution in [-0.2, 0) is 13.0 Å². The number of aliphatic imine (C=N–C) groups is 1. The molecule has 2 aromatic rings. The summed E-state index contributed by atoms with van der Waals surface area (Å²) in [5, 5.41) is 7.46. The van der Waals surface area contributed by atoms with Gasteiger partial charge in [-0.15, -0.1) is 24.0 Å². The SMILES string of the molecule is CN=C(NCCc1ccc2c(c1)OCO2)N1CCN(Cc2ccon2)CC1.I. The van der Waals surface area contributed by atoms with Gasteiger partial charge in [0, 0.05) is 52.4 Å². The molecule has 1 fully saturated rings. The van der Waals surface area contributed by atoms with Crippen LogP contribution < -0.4 is 14.8 Å². The zero-order valence-corrected chi connectivity index (χ0v) is 18.3. The predicted octanol–water partition coefficient (Wildman–Crippen LogP) is 1.96. The van der Waals surface area contributed by atoms with Crippen LogP contribution in [0.25, 0.3) is 0 Å². The van der Waals surface area contributed by atoms with Crippen molar-refractivity contribution in [3.8, 4) is 11.5 Å². The van der Waals surface area contributed by atoms with Gasteiger partial charge in [0.2, 0.25) is 6.79 Å². The molecule has 0 radical (unpaired) electrons. The second kappa shape index (κ2) is 9.97. The third kappa shape index (κ3) is 5.07. The molecule has 0 saturated carbocycles. The average molecular weight is 499 g/mol. The molecule has 152 valence electrons. The summed E-state index contributed by atoms with van der Waals surface area (Å²) in [7, 11) is 1.84. The molecule has 8 nitrogen and oxygen atoms in total. The van der Waals surface area contributed by atoms with Gasteiger partial charge in [-0.05, 0) is 24.1 Å². The number of rotatable bonds is 5. The van der Waals surface area contributed by atoms with Crippen molar-refractivity contribution in [2.24, 2.45) is 4.99 Å². The van der Waals surface area contributed by atoms with E-state index in [4.69, 9.17) is 14.0 Å². The summed E-state index contributed by atoms with van der Waals surface area (Å²) in [6.45, 7) is 5.83. The molecular formula is C19H26IN5O3. The molecule has 0 bridgehead atoms. The van der Waals surface area contributed by atoms with Crippen LogP contribution in [0, 0.1) is 0 Å².